The molecule has 1 aliphatic rings. The lowest BCUT2D eigenvalue weighted by Crippen LogP contribution is -2.16. The van der Waals surface area contributed by atoms with E-state index in [9.17, 15) is 0 Å². The third-order valence-corrected chi connectivity index (χ3v) is 2.99. The van der Waals surface area contributed by atoms with Crippen LogP contribution < -0.4 is 5.32 Å². The Morgan fingerprint density at radius 2 is 2.07 bits per heavy atom. The summed E-state index contributed by atoms with van der Waals surface area (Å²) in [6, 6.07) is 9.40. The van der Waals surface area contributed by atoms with Crippen LogP contribution in [0.4, 0.5) is 0 Å². The lowest BCUT2D eigenvalue weighted by atomic mass is 9.96. The number of nitrogens with one attached hydrogen (secondary N) is 1. The van der Waals surface area contributed by atoms with Gasteiger partial charge in [-0.05, 0) is 30.4 Å². The van der Waals surface area contributed by atoms with Crippen LogP contribution >= 0.6 is 0 Å². The summed E-state index contributed by atoms with van der Waals surface area (Å²) < 4.78 is 0. The SMILES string of the molecule is C=Cc1ccc(C2CNC(C)C2)cc1. The minimum absolute atomic E-state index is 0.666. The Labute approximate surface area is 85.8 Å². The monoisotopic (exact) mass is 187 g/mol. The maximum atomic E-state index is 3.76. The molecule has 14 heavy (non-hydrogen) atoms. The van der Waals surface area contributed by atoms with Gasteiger partial charge in [-0.15, -0.1) is 0 Å². The average Bonchev–Trinajstić information content (AvgIpc) is 2.65. The van der Waals surface area contributed by atoms with Gasteiger partial charge in [0.25, 0.3) is 0 Å². The zero-order valence-corrected chi connectivity index (χ0v) is 8.66. The molecular formula is C13H17N. The van der Waals surface area contributed by atoms with Crippen LogP contribution in [0.3, 0.4) is 0 Å². The summed E-state index contributed by atoms with van der Waals surface area (Å²) in [6.07, 6.45) is 3.15. The Balaban J connectivity index is 2.13. The molecule has 1 heteroatoms. The molecule has 0 amide bonds. The van der Waals surface area contributed by atoms with E-state index in [4.69, 9.17) is 0 Å². The van der Waals surface area contributed by atoms with Gasteiger partial charge in [-0.25, -0.2) is 0 Å². The van der Waals surface area contributed by atoms with Crippen LogP contribution in [0.15, 0.2) is 30.8 Å². The van der Waals surface area contributed by atoms with Crippen molar-refractivity contribution in [1.29, 1.82) is 0 Å². The van der Waals surface area contributed by atoms with Gasteiger partial charge in [0.2, 0.25) is 0 Å². The van der Waals surface area contributed by atoms with Gasteiger partial charge >= 0.3 is 0 Å². The third kappa shape index (κ3) is 1.88. The molecule has 2 rings (SSSR count). The first kappa shape index (κ1) is 9.47. The van der Waals surface area contributed by atoms with E-state index in [1.54, 1.807) is 0 Å². The van der Waals surface area contributed by atoms with Crippen LogP contribution in [0.5, 0.6) is 0 Å². The van der Waals surface area contributed by atoms with Crippen molar-refractivity contribution in [2.45, 2.75) is 25.3 Å². The van der Waals surface area contributed by atoms with Gasteiger partial charge in [0.05, 0.1) is 0 Å². The lowest BCUT2D eigenvalue weighted by Gasteiger charge is -2.08. The van der Waals surface area contributed by atoms with E-state index in [2.05, 4.69) is 43.1 Å². The highest BCUT2D eigenvalue weighted by molar-refractivity contribution is 5.47. The zero-order valence-electron chi connectivity index (χ0n) is 8.66. The Morgan fingerprint density at radius 1 is 1.36 bits per heavy atom. The van der Waals surface area contributed by atoms with Gasteiger partial charge in [0.15, 0.2) is 0 Å². The van der Waals surface area contributed by atoms with Crippen LogP contribution in [-0.4, -0.2) is 12.6 Å². The van der Waals surface area contributed by atoms with Crippen LogP contribution in [0.25, 0.3) is 6.08 Å². The first-order chi connectivity index (χ1) is 6.79. The highest BCUT2D eigenvalue weighted by Gasteiger charge is 2.21. The van der Waals surface area contributed by atoms with Crippen molar-refractivity contribution < 1.29 is 0 Å². The van der Waals surface area contributed by atoms with Crippen molar-refractivity contribution >= 4 is 6.08 Å². The summed E-state index contributed by atoms with van der Waals surface area (Å²) in [4.78, 5) is 0. The Morgan fingerprint density at radius 3 is 2.57 bits per heavy atom. The molecule has 0 spiro atoms. The summed E-state index contributed by atoms with van der Waals surface area (Å²) in [5.41, 5.74) is 2.65. The largest absolute Gasteiger partial charge is 0.314 e. The summed E-state index contributed by atoms with van der Waals surface area (Å²) in [5.74, 6) is 0.698. The molecule has 0 bridgehead atoms. The van der Waals surface area contributed by atoms with Gasteiger partial charge in [0.1, 0.15) is 0 Å². The summed E-state index contributed by atoms with van der Waals surface area (Å²) >= 11 is 0. The molecule has 0 aliphatic carbocycles. The molecule has 1 N–H and O–H groups in total. The van der Waals surface area contributed by atoms with Gasteiger partial charge in [-0.2, -0.15) is 0 Å². The van der Waals surface area contributed by atoms with E-state index in [-0.39, 0.29) is 0 Å². The fourth-order valence-electron chi connectivity index (χ4n) is 2.10. The second-order valence-electron chi connectivity index (χ2n) is 4.11. The second kappa shape index (κ2) is 3.97. The quantitative estimate of drug-likeness (QED) is 0.750. The molecule has 2 unspecified atom stereocenters. The molecule has 1 saturated heterocycles. The predicted molar refractivity (Wildman–Crippen MR) is 61.4 cm³/mol. The molecule has 1 fully saturated rings. The minimum atomic E-state index is 0.666. The number of rotatable bonds is 2. The molecule has 0 radical (unpaired) electrons. The van der Waals surface area contributed by atoms with Crippen molar-refractivity contribution in [1.82, 2.24) is 5.32 Å². The maximum absolute atomic E-state index is 3.76. The van der Waals surface area contributed by atoms with Crippen molar-refractivity contribution in [3.05, 3.63) is 42.0 Å². The summed E-state index contributed by atoms with van der Waals surface area (Å²) in [6.45, 7) is 7.13. The first-order valence-corrected chi connectivity index (χ1v) is 5.25. The first-order valence-electron chi connectivity index (χ1n) is 5.25. The molecular weight excluding hydrogens is 170 g/mol. The Hall–Kier alpha value is -1.08. The highest BCUT2D eigenvalue weighted by atomic mass is 14.9. The maximum Gasteiger partial charge on any atom is 0.00452 e. The van der Waals surface area contributed by atoms with E-state index in [0.29, 0.717) is 12.0 Å². The molecule has 74 valence electrons. The van der Waals surface area contributed by atoms with Crippen LogP contribution in [-0.2, 0) is 0 Å². The lowest BCUT2D eigenvalue weighted by molar-refractivity contribution is 0.658. The fourth-order valence-corrected chi connectivity index (χ4v) is 2.10. The van der Waals surface area contributed by atoms with E-state index in [1.165, 1.54) is 17.5 Å². The number of hydrogen-bond acceptors (Lipinski definition) is 1. The van der Waals surface area contributed by atoms with E-state index >= 15 is 0 Å². The zero-order chi connectivity index (χ0) is 9.97. The fraction of sp³-hybridized carbons (Fsp3) is 0.385. The number of benzene rings is 1. The normalized spacial score (nSPS) is 26.4. The van der Waals surface area contributed by atoms with Crippen LogP contribution in [0.2, 0.25) is 0 Å². The number of hydrogen-bond donors (Lipinski definition) is 1. The van der Waals surface area contributed by atoms with E-state index in [1.807, 2.05) is 6.08 Å². The van der Waals surface area contributed by atoms with Crippen LogP contribution in [0, 0.1) is 0 Å². The molecule has 1 aliphatic heterocycles. The van der Waals surface area contributed by atoms with Gasteiger partial charge in [-0.3, -0.25) is 0 Å². The van der Waals surface area contributed by atoms with Gasteiger partial charge < -0.3 is 5.32 Å². The van der Waals surface area contributed by atoms with E-state index < -0.39 is 0 Å². The van der Waals surface area contributed by atoms with Gasteiger partial charge in [0, 0.05) is 12.6 Å². The highest BCUT2D eigenvalue weighted by Crippen LogP contribution is 2.25. The smallest absolute Gasteiger partial charge is 0.00452 e. The molecule has 0 aromatic heterocycles. The Bertz CT molecular complexity index is 313. The van der Waals surface area contributed by atoms with Crippen molar-refractivity contribution in [2.75, 3.05) is 6.54 Å². The Kier molecular flexibility index (Phi) is 2.69. The van der Waals surface area contributed by atoms with Crippen molar-refractivity contribution in [3.8, 4) is 0 Å². The third-order valence-electron chi connectivity index (χ3n) is 2.99. The molecule has 0 saturated carbocycles. The summed E-state index contributed by atoms with van der Waals surface area (Å²) in [7, 11) is 0. The van der Waals surface area contributed by atoms with E-state index in [0.717, 1.165) is 6.54 Å². The minimum Gasteiger partial charge on any atom is -0.314 e. The predicted octanol–water partition coefficient (Wildman–Crippen LogP) is 2.80. The van der Waals surface area contributed by atoms with Crippen LogP contribution in [0.1, 0.15) is 30.4 Å². The average molecular weight is 187 g/mol. The van der Waals surface area contributed by atoms with Crippen molar-refractivity contribution in [2.24, 2.45) is 0 Å². The topological polar surface area (TPSA) is 12.0 Å². The molecule has 1 aromatic carbocycles. The second-order valence-corrected chi connectivity index (χ2v) is 4.11. The summed E-state index contributed by atoms with van der Waals surface area (Å²) in [5, 5.41) is 3.48. The standard InChI is InChI=1S/C13H17N/c1-3-11-4-6-12(7-5-11)13-8-10(2)14-9-13/h3-7,10,13-14H,1,8-9H2,2H3. The molecule has 2 atom stereocenters. The van der Waals surface area contributed by atoms with Crippen molar-refractivity contribution in [3.63, 3.8) is 0 Å². The molecule has 1 heterocycles. The van der Waals surface area contributed by atoms with Gasteiger partial charge in [-0.1, -0.05) is 36.9 Å². The molecule has 1 aromatic rings. The molecule has 1 nitrogen and oxygen atoms in total.